The van der Waals surface area contributed by atoms with Gasteiger partial charge >= 0.3 is 0 Å². The van der Waals surface area contributed by atoms with Crippen molar-refractivity contribution in [2.24, 2.45) is 0 Å². The van der Waals surface area contributed by atoms with Crippen LogP contribution in [0, 0.1) is 0 Å². The molecule has 1 aromatic rings. The SMILES string of the molecule is CCCCCCCCCC1CCC(Cc2ccccc2)N1C. The number of nitrogens with zero attached hydrogens (tertiary/aromatic N) is 1. The highest BCUT2D eigenvalue weighted by atomic mass is 15.2. The summed E-state index contributed by atoms with van der Waals surface area (Å²) >= 11 is 0. The molecule has 0 N–H and O–H groups in total. The van der Waals surface area contributed by atoms with Gasteiger partial charge in [0, 0.05) is 12.1 Å². The summed E-state index contributed by atoms with van der Waals surface area (Å²) < 4.78 is 0. The Hall–Kier alpha value is -0.820. The van der Waals surface area contributed by atoms with Gasteiger partial charge in [0.25, 0.3) is 0 Å². The fourth-order valence-electron chi connectivity index (χ4n) is 3.91. The van der Waals surface area contributed by atoms with Gasteiger partial charge in [-0.1, -0.05) is 82.2 Å². The largest absolute Gasteiger partial charge is 0.300 e. The fraction of sp³-hybridized carbons (Fsp3) is 0.714. The van der Waals surface area contributed by atoms with Crippen molar-refractivity contribution in [1.29, 1.82) is 0 Å². The first-order valence-electron chi connectivity index (χ1n) is 9.57. The van der Waals surface area contributed by atoms with Crippen molar-refractivity contribution in [3.8, 4) is 0 Å². The van der Waals surface area contributed by atoms with Gasteiger partial charge in [0.15, 0.2) is 0 Å². The van der Waals surface area contributed by atoms with Crippen LogP contribution in [0.3, 0.4) is 0 Å². The Morgan fingerprint density at radius 1 is 0.864 bits per heavy atom. The van der Waals surface area contributed by atoms with Crippen molar-refractivity contribution in [2.45, 2.75) is 89.6 Å². The average Bonchev–Trinajstić information content (AvgIpc) is 2.88. The second kappa shape index (κ2) is 10.0. The van der Waals surface area contributed by atoms with Gasteiger partial charge in [-0.05, 0) is 38.3 Å². The minimum atomic E-state index is 0.761. The molecule has 1 aliphatic rings. The van der Waals surface area contributed by atoms with E-state index in [0.29, 0.717) is 0 Å². The van der Waals surface area contributed by atoms with Crippen LogP contribution in [0.25, 0.3) is 0 Å². The van der Waals surface area contributed by atoms with E-state index in [4.69, 9.17) is 0 Å². The molecule has 1 aromatic carbocycles. The molecule has 0 saturated carbocycles. The summed E-state index contributed by atoms with van der Waals surface area (Å²) in [4.78, 5) is 2.67. The van der Waals surface area contributed by atoms with Crippen LogP contribution in [0.1, 0.15) is 76.7 Å². The summed E-state index contributed by atoms with van der Waals surface area (Å²) in [5.41, 5.74) is 1.50. The van der Waals surface area contributed by atoms with Crippen molar-refractivity contribution in [3.63, 3.8) is 0 Å². The molecule has 2 rings (SSSR count). The molecule has 2 unspecified atom stereocenters. The molecule has 1 nitrogen and oxygen atoms in total. The van der Waals surface area contributed by atoms with E-state index >= 15 is 0 Å². The molecule has 1 aliphatic heterocycles. The van der Waals surface area contributed by atoms with Crippen molar-refractivity contribution in [3.05, 3.63) is 35.9 Å². The number of likely N-dealkylation sites (tertiary alicyclic amines) is 1. The molecule has 0 aliphatic carbocycles. The predicted octanol–water partition coefficient (Wildman–Crippen LogP) is 5.83. The summed E-state index contributed by atoms with van der Waals surface area (Å²) in [6.45, 7) is 2.29. The molecule has 0 bridgehead atoms. The van der Waals surface area contributed by atoms with Crippen LogP contribution < -0.4 is 0 Å². The monoisotopic (exact) mass is 301 g/mol. The van der Waals surface area contributed by atoms with E-state index in [0.717, 1.165) is 12.1 Å². The molecule has 0 radical (unpaired) electrons. The molecular weight excluding hydrogens is 266 g/mol. The Balaban J connectivity index is 1.61. The van der Waals surface area contributed by atoms with Gasteiger partial charge in [0.05, 0.1) is 0 Å². The number of unbranched alkanes of at least 4 members (excludes halogenated alkanes) is 6. The van der Waals surface area contributed by atoms with E-state index in [9.17, 15) is 0 Å². The first-order chi connectivity index (χ1) is 10.8. The Morgan fingerprint density at radius 3 is 2.23 bits per heavy atom. The lowest BCUT2D eigenvalue weighted by Gasteiger charge is -2.26. The zero-order valence-electron chi connectivity index (χ0n) is 14.8. The maximum Gasteiger partial charge on any atom is 0.0136 e. The third-order valence-electron chi connectivity index (χ3n) is 5.44. The number of rotatable bonds is 10. The number of hydrogen-bond acceptors (Lipinski definition) is 1. The molecule has 1 fully saturated rings. The van der Waals surface area contributed by atoms with Gasteiger partial charge in [0.1, 0.15) is 0 Å². The molecule has 124 valence electrons. The molecule has 22 heavy (non-hydrogen) atoms. The molecule has 0 amide bonds. The third kappa shape index (κ3) is 5.76. The number of hydrogen-bond donors (Lipinski definition) is 0. The maximum absolute atomic E-state index is 2.67. The standard InChI is InChI=1S/C21H35N/c1-3-4-5-6-7-8-12-15-20-16-17-21(22(20)2)18-19-13-10-9-11-14-19/h9-11,13-14,20-21H,3-8,12,15-18H2,1-2H3. The van der Waals surface area contributed by atoms with E-state index < -0.39 is 0 Å². The molecule has 1 heterocycles. The number of benzene rings is 1. The van der Waals surface area contributed by atoms with Gasteiger partial charge in [-0.3, -0.25) is 0 Å². The first kappa shape index (κ1) is 17.5. The topological polar surface area (TPSA) is 3.24 Å². The normalized spacial score (nSPS) is 22.3. The van der Waals surface area contributed by atoms with Crippen LogP contribution in [-0.2, 0) is 6.42 Å². The van der Waals surface area contributed by atoms with Crippen LogP contribution in [0.2, 0.25) is 0 Å². The van der Waals surface area contributed by atoms with Crippen molar-refractivity contribution in [1.82, 2.24) is 4.90 Å². The van der Waals surface area contributed by atoms with Gasteiger partial charge in [-0.15, -0.1) is 0 Å². The van der Waals surface area contributed by atoms with E-state index in [1.54, 1.807) is 0 Å². The fourth-order valence-corrected chi connectivity index (χ4v) is 3.91. The lowest BCUT2D eigenvalue weighted by Crippen LogP contribution is -2.33. The zero-order valence-corrected chi connectivity index (χ0v) is 14.8. The summed E-state index contributed by atoms with van der Waals surface area (Å²) in [5, 5.41) is 0. The minimum Gasteiger partial charge on any atom is -0.300 e. The van der Waals surface area contributed by atoms with Gasteiger partial charge < -0.3 is 4.90 Å². The van der Waals surface area contributed by atoms with E-state index in [2.05, 4.69) is 49.2 Å². The Labute approximate surface area is 138 Å². The highest BCUT2D eigenvalue weighted by molar-refractivity contribution is 5.16. The van der Waals surface area contributed by atoms with Crippen molar-refractivity contribution >= 4 is 0 Å². The van der Waals surface area contributed by atoms with Gasteiger partial charge in [-0.2, -0.15) is 0 Å². The summed E-state index contributed by atoms with van der Waals surface area (Å²) in [6.07, 6.45) is 15.4. The van der Waals surface area contributed by atoms with E-state index in [1.807, 2.05) is 0 Å². The molecule has 0 aromatic heterocycles. The lowest BCUT2D eigenvalue weighted by molar-refractivity contribution is 0.226. The molecule has 2 atom stereocenters. The molecule has 0 spiro atoms. The minimum absolute atomic E-state index is 0.761. The zero-order chi connectivity index (χ0) is 15.6. The van der Waals surface area contributed by atoms with Crippen LogP contribution in [-0.4, -0.2) is 24.0 Å². The quantitative estimate of drug-likeness (QED) is 0.491. The number of likely N-dealkylation sites (N-methyl/N-ethyl adjacent to an activating group) is 1. The summed E-state index contributed by atoms with van der Waals surface area (Å²) in [5.74, 6) is 0. The molecule has 1 saturated heterocycles. The third-order valence-corrected chi connectivity index (χ3v) is 5.44. The average molecular weight is 302 g/mol. The molecular formula is C21H35N. The van der Waals surface area contributed by atoms with Crippen molar-refractivity contribution < 1.29 is 0 Å². The second-order valence-electron chi connectivity index (χ2n) is 7.15. The highest BCUT2D eigenvalue weighted by Crippen LogP contribution is 2.28. The van der Waals surface area contributed by atoms with Crippen LogP contribution in [0.5, 0.6) is 0 Å². The Bertz CT molecular complexity index is 386. The van der Waals surface area contributed by atoms with Gasteiger partial charge in [0.2, 0.25) is 0 Å². The van der Waals surface area contributed by atoms with Crippen LogP contribution in [0.4, 0.5) is 0 Å². The second-order valence-corrected chi connectivity index (χ2v) is 7.15. The van der Waals surface area contributed by atoms with E-state index in [1.165, 1.54) is 76.2 Å². The van der Waals surface area contributed by atoms with Gasteiger partial charge in [-0.25, -0.2) is 0 Å². The molecule has 1 heteroatoms. The predicted molar refractivity (Wildman–Crippen MR) is 97.3 cm³/mol. The first-order valence-corrected chi connectivity index (χ1v) is 9.57. The lowest BCUT2D eigenvalue weighted by atomic mass is 10.0. The summed E-state index contributed by atoms with van der Waals surface area (Å²) in [7, 11) is 2.35. The van der Waals surface area contributed by atoms with Crippen LogP contribution >= 0.6 is 0 Å². The smallest absolute Gasteiger partial charge is 0.0136 e. The highest BCUT2D eigenvalue weighted by Gasteiger charge is 2.29. The summed E-state index contributed by atoms with van der Waals surface area (Å²) in [6, 6.07) is 12.6. The maximum atomic E-state index is 2.67. The Morgan fingerprint density at radius 2 is 1.50 bits per heavy atom. The van der Waals surface area contributed by atoms with Crippen molar-refractivity contribution in [2.75, 3.05) is 7.05 Å². The Kier molecular flexibility index (Phi) is 8.01. The van der Waals surface area contributed by atoms with Crippen LogP contribution in [0.15, 0.2) is 30.3 Å². The van der Waals surface area contributed by atoms with E-state index in [-0.39, 0.29) is 0 Å².